The van der Waals surface area contributed by atoms with Crippen LogP contribution in [0.25, 0.3) is 11.3 Å². The summed E-state index contributed by atoms with van der Waals surface area (Å²) in [6, 6.07) is 7.96. The maximum atomic E-state index is 5.56. The van der Waals surface area contributed by atoms with Gasteiger partial charge in [-0.3, -0.25) is 0 Å². The van der Waals surface area contributed by atoms with E-state index < -0.39 is 0 Å². The van der Waals surface area contributed by atoms with E-state index in [0.29, 0.717) is 13.2 Å². The molecule has 0 radical (unpaired) electrons. The van der Waals surface area contributed by atoms with Gasteiger partial charge in [-0.05, 0) is 50.6 Å². The second kappa shape index (κ2) is 6.48. The van der Waals surface area contributed by atoms with E-state index in [1.807, 2.05) is 45.0 Å². The van der Waals surface area contributed by atoms with Crippen LogP contribution in [0.2, 0.25) is 0 Å². The Morgan fingerprint density at radius 1 is 0.950 bits per heavy atom. The van der Waals surface area contributed by atoms with Gasteiger partial charge in [0.15, 0.2) is 0 Å². The number of methoxy groups -OCH3 is 1. The molecule has 0 aliphatic carbocycles. The summed E-state index contributed by atoms with van der Waals surface area (Å²) in [6.45, 7) is 7.12. The number of aromatic nitrogens is 2. The summed E-state index contributed by atoms with van der Waals surface area (Å²) >= 11 is 0. The van der Waals surface area contributed by atoms with Gasteiger partial charge in [0.2, 0.25) is 0 Å². The molecule has 20 heavy (non-hydrogen) atoms. The molecule has 0 aliphatic heterocycles. The highest BCUT2D eigenvalue weighted by Crippen LogP contribution is 2.25. The van der Waals surface area contributed by atoms with Crippen molar-refractivity contribution in [1.82, 2.24) is 9.97 Å². The van der Waals surface area contributed by atoms with Gasteiger partial charge in [-0.25, -0.2) is 9.97 Å². The van der Waals surface area contributed by atoms with Crippen molar-refractivity contribution in [2.24, 2.45) is 0 Å². The molecular weight excluding hydrogens is 252 g/mol. The molecule has 0 spiro atoms. The van der Waals surface area contributed by atoms with Crippen LogP contribution in [0.4, 0.5) is 0 Å². The zero-order valence-electron chi connectivity index (χ0n) is 12.4. The third-order valence-electron chi connectivity index (χ3n) is 3.18. The van der Waals surface area contributed by atoms with Gasteiger partial charge >= 0.3 is 0 Å². The van der Waals surface area contributed by atoms with Crippen LogP contribution >= 0.6 is 0 Å². The molecule has 2 rings (SSSR count). The van der Waals surface area contributed by atoms with Gasteiger partial charge in [-0.15, -0.1) is 0 Å². The van der Waals surface area contributed by atoms with E-state index >= 15 is 0 Å². The first-order chi connectivity index (χ1) is 9.61. The number of benzene rings is 1. The number of hydrogen-bond acceptors (Lipinski definition) is 4. The maximum absolute atomic E-state index is 5.56. The summed E-state index contributed by atoms with van der Waals surface area (Å²) in [6.07, 6.45) is 0. The molecule has 4 nitrogen and oxygen atoms in total. The van der Waals surface area contributed by atoms with Crippen molar-refractivity contribution in [3.8, 4) is 17.0 Å². The Bertz CT molecular complexity index is 580. The molecule has 1 heterocycles. The fourth-order valence-corrected chi connectivity index (χ4v) is 2.00. The number of ether oxygens (including phenoxy) is 2. The smallest absolute Gasteiger partial charge is 0.126 e. The fourth-order valence-electron chi connectivity index (χ4n) is 2.00. The summed E-state index contributed by atoms with van der Waals surface area (Å²) < 4.78 is 10.5. The van der Waals surface area contributed by atoms with Crippen LogP contribution in [0.3, 0.4) is 0 Å². The average molecular weight is 272 g/mol. The van der Waals surface area contributed by atoms with E-state index in [1.54, 1.807) is 7.11 Å². The Balaban J connectivity index is 2.22. The first-order valence-electron chi connectivity index (χ1n) is 6.66. The third kappa shape index (κ3) is 3.33. The highest BCUT2D eigenvalue weighted by molar-refractivity contribution is 5.64. The zero-order valence-corrected chi connectivity index (χ0v) is 12.4. The van der Waals surface area contributed by atoms with Crippen LogP contribution in [0.15, 0.2) is 24.3 Å². The van der Waals surface area contributed by atoms with Crippen LogP contribution in [0.1, 0.15) is 17.1 Å². The topological polar surface area (TPSA) is 44.2 Å². The van der Waals surface area contributed by atoms with Gasteiger partial charge in [0.25, 0.3) is 0 Å². The minimum absolute atomic E-state index is 0.556. The van der Waals surface area contributed by atoms with Gasteiger partial charge in [0.1, 0.15) is 18.2 Å². The summed E-state index contributed by atoms with van der Waals surface area (Å²) in [4.78, 5) is 8.91. The third-order valence-corrected chi connectivity index (χ3v) is 3.18. The molecule has 0 fully saturated rings. The lowest BCUT2D eigenvalue weighted by Crippen LogP contribution is -2.04. The van der Waals surface area contributed by atoms with E-state index in [0.717, 1.165) is 34.1 Å². The van der Waals surface area contributed by atoms with Gasteiger partial charge in [0, 0.05) is 18.4 Å². The van der Waals surface area contributed by atoms with Crippen LogP contribution in [0.5, 0.6) is 5.75 Å². The standard InChI is InChI=1S/C16H20N2O2/c1-11-12(2)17-13(3)18-16(11)14-5-7-15(8-6-14)20-10-9-19-4/h5-8H,9-10H2,1-4H3. The Kier molecular flexibility index (Phi) is 4.69. The summed E-state index contributed by atoms with van der Waals surface area (Å²) in [7, 11) is 1.66. The number of rotatable bonds is 5. The molecule has 1 aromatic heterocycles. The van der Waals surface area contributed by atoms with Crippen LogP contribution in [0, 0.1) is 20.8 Å². The Morgan fingerprint density at radius 3 is 2.30 bits per heavy atom. The minimum Gasteiger partial charge on any atom is -0.491 e. The lowest BCUT2D eigenvalue weighted by atomic mass is 10.1. The first kappa shape index (κ1) is 14.5. The second-order valence-electron chi connectivity index (χ2n) is 4.70. The molecule has 106 valence electrons. The van der Waals surface area contributed by atoms with E-state index in [2.05, 4.69) is 9.97 Å². The van der Waals surface area contributed by atoms with Crippen molar-refractivity contribution in [2.45, 2.75) is 20.8 Å². The molecule has 4 heteroatoms. The lowest BCUT2D eigenvalue weighted by molar-refractivity contribution is 0.146. The SMILES string of the molecule is COCCOc1ccc(-c2nc(C)nc(C)c2C)cc1. The first-order valence-corrected chi connectivity index (χ1v) is 6.66. The van der Waals surface area contributed by atoms with Gasteiger partial charge < -0.3 is 9.47 Å². The van der Waals surface area contributed by atoms with Crippen molar-refractivity contribution in [3.63, 3.8) is 0 Å². The molecular formula is C16H20N2O2. The van der Waals surface area contributed by atoms with E-state index in [9.17, 15) is 0 Å². The number of hydrogen-bond donors (Lipinski definition) is 0. The summed E-state index contributed by atoms with van der Waals surface area (Å²) in [5.74, 6) is 1.63. The molecule has 0 unspecified atom stereocenters. The van der Waals surface area contributed by atoms with Gasteiger partial charge in [-0.2, -0.15) is 0 Å². The van der Waals surface area contributed by atoms with E-state index in [4.69, 9.17) is 9.47 Å². The normalized spacial score (nSPS) is 10.6. The van der Waals surface area contributed by atoms with Crippen molar-refractivity contribution in [1.29, 1.82) is 0 Å². The number of nitrogens with zero attached hydrogens (tertiary/aromatic N) is 2. The molecule has 0 aliphatic rings. The van der Waals surface area contributed by atoms with Crippen molar-refractivity contribution in [3.05, 3.63) is 41.3 Å². The highest BCUT2D eigenvalue weighted by Gasteiger charge is 2.08. The minimum atomic E-state index is 0.556. The fraction of sp³-hybridized carbons (Fsp3) is 0.375. The lowest BCUT2D eigenvalue weighted by Gasteiger charge is -2.10. The molecule has 1 aromatic carbocycles. The predicted molar refractivity (Wildman–Crippen MR) is 79.1 cm³/mol. The summed E-state index contributed by atoms with van der Waals surface area (Å²) in [5.41, 5.74) is 4.20. The van der Waals surface area contributed by atoms with Crippen molar-refractivity contribution in [2.75, 3.05) is 20.3 Å². The quantitative estimate of drug-likeness (QED) is 0.785. The van der Waals surface area contributed by atoms with E-state index in [-0.39, 0.29) is 0 Å². The summed E-state index contributed by atoms with van der Waals surface area (Å²) in [5, 5.41) is 0. The zero-order chi connectivity index (χ0) is 14.5. The monoisotopic (exact) mass is 272 g/mol. The van der Waals surface area contributed by atoms with Crippen molar-refractivity contribution < 1.29 is 9.47 Å². The predicted octanol–water partition coefficient (Wildman–Crippen LogP) is 3.09. The molecule has 0 N–H and O–H groups in total. The highest BCUT2D eigenvalue weighted by atomic mass is 16.5. The van der Waals surface area contributed by atoms with E-state index in [1.165, 1.54) is 0 Å². The average Bonchev–Trinajstić information content (AvgIpc) is 2.44. The van der Waals surface area contributed by atoms with Gasteiger partial charge in [0.05, 0.1) is 12.3 Å². The molecule has 0 atom stereocenters. The van der Waals surface area contributed by atoms with Crippen molar-refractivity contribution >= 4 is 0 Å². The number of aryl methyl sites for hydroxylation is 2. The molecule has 0 bridgehead atoms. The van der Waals surface area contributed by atoms with Crippen LogP contribution in [-0.2, 0) is 4.74 Å². The molecule has 0 amide bonds. The maximum Gasteiger partial charge on any atom is 0.126 e. The van der Waals surface area contributed by atoms with Crippen LogP contribution < -0.4 is 4.74 Å². The Morgan fingerprint density at radius 2 is 1.65 bits per heavy atom. The Hall–Kier alpha value is -1.94. The molecule has 0 saturated carbocycles. The molecule has 0 saturated heterocycles. The molecule has 2 aromatic rings. The largest absolute Gasteiger partial charge is 0.491 e. The van der Waals surface area contributed by atoms with Crippen LogP contribution in [-0.4, -0.2) is 30.3 Å². The second-order valence-corrected chi connectivity index (χ2v) is 4.70. The Labute approximate surface area is 119 Å². The van der Waals surface area contributed by atoms with Gasteiger partial charge in [-0.1, -0.05) is 0 Å².